The first-order valence-electron chi connectivity index (χ1n) is 7.67. The van der Waals surface area contributed by atoms with E-state index >= 15 is 0 Å². The summed E-state index contributed by atoms with van der Waals surface area (Å²) in [5, 5.41) is 2.84. The molecule has 124 valence electrons. The fourth-order valence-electron chi connectivity index (χ4n) is 2.13. The molecule has 1 aromatic carbocycles. The molecule has 0 aliphatic carbocycles. The molecule has 0 bridgehead atoms. The van der Waals surface area contributed by atoms with Crippen LogP contribution in [0.25, 0.3) is 11.5 Å². The van der Waals surface area contributed by atoms with Gasteiger partial charge in [0.05, 0.1) is 6.20 Å². The van der Waals surface area contributed by atoms with Gasteiger partial charge in [-0.05, 0) is 25.6 Å². The van der Waals surface area contributed by atoms with E-state index < -0.39 is 0 Å². The highest BCUT2D eigenvalue weighted by molar-refractivity contribution is 5.91. The van der Waals surface area contributed by atoms with E-state index in [-0.39, 0.29) is 11.7 Å². The molecule has 6 nitrogen and oxygen atoms in total. The molecule has 1 aromatic heterocycles. The van der Waals surface area contributed by atoms with Crippen molar-refractivity contribution in [2.24, 2.45) is 0 Å². The van der Waals surface area contributed by atoms with Crippen LogP contribution in [-0.2, 0) is 4.74 Å². The van der Waals surface area contributed by atoms with Crippen molar-refractivity contribution in [2.45, 2.75) is 6.42 Å². The van der Waals surface area contributed by atoms with Crippen LogP contribution in [0.3, 0.4) is 0 Å². The van der Waals surface area contributed by atoms with E-state index in [1.54, 1.807) is 7.11 Å². The van der Waals surface area contributed by atoms with Crippen molar-refractivity contribution >= 4 is 5.91 Å². The third kappa shape index (κ3) is 5.50. The van der Waals surface area contributed by atoms with Gasteiger partial charge in [0.25, 0.3) is 5.91 Å². The number of methoxy groups -OCH3 is 1. The molecule has 2 rings (SSSR count). The maximum absolute atomic E-state index is 12.0. The van der Waals surface area contributed by atoms with Crippen LogP contribution >= 0.6 is 0 Å². The van der Waals surface area contributed by atoms with Gasteiger partial charge in [-0.2, -0.15) is 0 Å². The number of oxazole rings is 1. The average molecular weight is 317 g/mol. The van der Waals surface area contributed by atoms with Gasteiger partial charge in [0, 0.05) is 38.9 Å². The lowest BCUT2D eigenvalue weighted by Gasteiger charge is -2.16. The molecule has 0 radical (unpaired) electrons. The summed E-state index contributed by atoms with van der Waals surface area (Å²) < 4.78 is 10.5. The van der Waals surface area contributed by atoms with E-state index in [1.165, 1.54) is 6.20 Å². The Morgan fingerprint density at radius 2 is 2.09 bits per heavy atom. The second-order valence-corrected chi connectivity index (χ2v) is 5.30. The zero-order valence-corrected chi connectivity index (χ0v) is 13.6. The third-order valence-electron chi connectivity index (χ3n) is 3.42. The quantitative estimate of drug-likeness (QED) is 0.717. The standard InChI is InChI=1S/C17H23N3O3/c1-20(10-6-12-22-2)11-9-18-16(21)15-13-19-17(23-15)14-7-4-3-5-8-14/h3-5,7-8,13H,6,9-12H2,1-2H3,(H,18,21). The second kappa shape index (κ2) is 9.07. The molecule has 2 aromatic rings. The summed E-state index contributed by atoms with van der Waals surface area (Å²) in [5.74, 6) is 0.434. The molecule has 0 atom stereocenters. The average Bonchev–Trinajstić information content (AvgIpc) is 3.06. The number of amides is 1. The second-order valence-electron chi connectivity index (χ2n) is 5.30. The molecule has 0 aliphatic rings. The maximum Gasteiger partial charge on any atom is 0.288 e. The minimum Gasteiger partial charge on any atom is -0.431 e. The van der Waals surface area contributed by atoms with Crippen molar-refractivity contribution in [1.82, 2.24) is 15.2 Å². The van der Waals surface area contributed by atoms with Crippen molar-refractivity contribution < 1.29 is 13.9 Å². The topological polar surface area (TPSA) is 67.6 Å². The van der Waals surface area contributed by atoms with E-state index in [4.69, 9.17) is 9.15 Å². The molecule has 0 spiro atoms. The van der Waals surface area contributed by atoms with E-state index in [1.807, 2.05) is 37.4 Å². The number of nitrogens with zero attached hydrogens (tertiary/aromatic N) is 2. The van der Waals surface area contributed by atoms with Crippen molar-refractivity contribution in [3.63, 3.8) is 0 Å². The maximum atomic E-state index is 12.0. The predicted molar refractivity (Wildman–Crippen MR) is 88.3 cm³/mol. The number of likely N-dealkylation sites (N-methyl/N-ethyl adjacent to an activating group) is 1. The molecule has 6 heteroatoms. The van der Waals surface area contributed by atoms with Crippen LogP contribution in [0.4, 0.5) is 0 Å². The smallest absolute Gasteiger partial charge is 0.288 e. The van der Waals surface area contributed by atoms with E-state index in [2.05, 4.69) is 15.2 Å². The molecular weight excluding hydrogens is 294 g/mol. The summed E-state index contributed by atoms with van der Waals surface area (Å²) in [6.45, 7) is 3.01. The number of benzene rings is 1. The molecule has 0 aliphatic heterocycles. The first-order valence-corrected chi connectivity index (χ1v) is 7.67. The number of ether oxygens (including phenoxy) is 1. The van der Waals surface area contributed by atoms with E-state index in [0.717, 1.165) is 31.7 Å². The molecule has 1 N–H and O–H groups in total. The Hall–Kier alpha value is -2.18. The molecule has 1 heterocycles. The Kier molecular flexibility index (Phi) is 6.77. The van der Waals surface area contributed by atoms with Gasteiger partial charge in [-0.25, -0.2) is 4.98 Å². The fraction of sp³-hybridized carbons (Fsp3) is 0.412. The lowest BCUT2D eigenvalue weighted by molar-refractivity contribution is 0.0922. The summed E-state index contributed by atoms with van der Waals surface area (Å²) in [6.07, 6.45) is 2.43. The zero-order chi connectivity index (χ0) is 16.5. The van der Waals surface area contributed by atoms with Gasteiger partial charge in [-0.15, -0.1) is 0 Å². The predicted octanol–water partition coefficient (Wildman–Crippen LogP) is 2.04. The molecule has 1 amide bonds. The lowest BCUT2D eigenvalue weighted by atomic mass is 10.2. The van der Waals surface area contributed by atoms with Gasteiger partial charge in [0.1, 0.15) is 0 Å². The third-order valence-corrected chi connectivity index (χ3v) is 3.42. The molecule has 0 unspecified atom stereocenters. The number of carbonyl (C=O) groups excluding carboxylic acids is 1. The SMILES string of the molecule is COCCCN(C)CCNC(=O)c1cnc(-c2ccccc2)o1. The highest BCUT2D eigenvalue weighted by Crippen LogP contribution is 2.18. The molecular formula is C17H23N3O3. The minimum atomic E-state index is -0.245. The van der Waals surface area contributed by atoms with Gasteiger partial charge >= 0.3 is 0 Å². The van der Waals surface area contributed by atoms with Gasteiger partial charge < -0.3 is 19.4 Å². The molecule has 0 saturated heterocycles. The normalized spacial score (nSPS) is 10.9. The van der Waals surface area contributed by atoms with Crippen molar-refractivity contribution in [2.75, 3.05) is 40.4 Å². The molecule has 0 saturated carbocycles. The zero-order valence-electron chi connectivity index (χ0n) is 13.6. The Morgan fingerprint density at radius 3 is 2.83 bits per heavy atom. The Balaban J connectivity index is 1.77. The number of carbonyl (C=O) groups is 1. The summed E-state index contributed by atoms with van der Waals surface area (Å²) >= 11 is 0. The van der Waals surface area contributed by atoms with Crippen LogP contribution in [0.2, 0.25) is 0 Å². The summed E-state index contributed by atoms with van der Waals surface area (Å²) in [5.41, 5.74) is 0.851. The van der Waals surface area contributed by atoms with Gasteiger partial charge in [-0.1, -0.05) is 18.2 Å². The highest BCUT2D eigenvalue weighted by atomic mass is 16.5. The number of rotatable bonds is 9. The van der Waals surface area contributed by atoms with Crippen LogP contribution in [0.5, 0.6) is 0 Å². The number of hydrogen-bond acceptors (Lipinski definition) is 5. The highest BCUT2D eigenvalue weighted by Gasteiger charge is 2.13. The van der Waals surface area contributed by atoms with Gasteiger partial charge in [0.2, 0.25) is 11.7 Å². The van der Waals surface area contributed by atoms with Crippen molar-refractivity contribution in [1.29, 1.82) is 0 Å². The Bertz CT molecular complexity index is 598. The molecule has 23 heavy (non-hydrogen) atoms. The van der Waals surface area contributed by atoms with E-state index in [0.29, 0.717) is 12.4 Å². The summed E-state index contributed by atoms with van der Waals surface area (Å²) in [7, 11) is 3.71. The van der Waals surface area contributed by atoms with Crippen LogP contribution < -0.4 is 5.32 Å². The van der Waals surface area contributed by atoms with Crippen LogP contribution in [0.1, 0.15) is 17.0 Å². The van der Waals surface area contributed by atoms with Crippen LogP contribution in [0.15, 0.2) is 40.9 Å². The van der Waals surface area contributed by atoms with Crippen molar-refractivity contribution in [3.8, 4) is 11.5 Å². The summed E-state index contributed by atoms with van der Waals surface area (Å²) in [4.78, 5) is 18.3. The van der Waals surface area contributed by atoms with Gasteiger partial charge in [-0.3, -0.25) is 4.79 Å². The largest absolute Gasteiger partial charge is 0.431 e. The van der Waals surface area contributed by atoms with E-state index in [9.17, 15) is 4.79 Å². The Morgan fingerprint density at radius 1 is 1.30 bits per heavy atom. The lowest BCUT2D eigenvalue weighted by Crippen LogP contribution is -2.33. The fourth-order valence-corrected chi connectivity index (χ4v) is 2.13. The monoisotopic (exact) mass is 317 g/mol. The van der Waals surface area contributed by atoms with Gasteiger partial charge in [0.15, 0.2) is 0 Å². The van der Waals surface area contributed by atoms with Crippen LogP contribution in [0, 0.1) is 0 Å². The Labute approximate surface area is 136 Å². The first kappa shape index (κ1) is 17.2. The summed E-state index contributed by atoms with van der Waals surface area (Å²) in [6, 6.07) is 9.51. The number of nitrogens with one attached hydrogen (secondary N) is 1. The number of hydrogen-bond donors (Lipinski definition) is 1. The first-order chi connectivity index (χ1) is 11.2. The number of aromatic nitrogens is 1. The minimum absolute atomic E-state index is 0.228. The molecule has 0 fully saturated rings. The van der Waals surface area contributed by atoms with Crippen molar-refractivity contribution in [3.05, 3.63) is 42.3 Å². The van der Waals surface area contributed by atoms with Crippen LogP contribution in [-0.4, -0.2) is 56.2 Å².